The number of aliphatic hydroxyl groups is 2. The van der Waals surface area contributed by atoms with Gasteiger partial charge in [0.25, 0.3) is 0 Å². The summed E-state index contributed by atoms with van der Waals surface area (Å²) >= 11 is 0. The van der Waals surface area contributed by atoms with Crippen LogP contribution in [0, 0.1) is 76.9 Å². The van der Waals surface area contributed by atoms with Gasteiger partial charge in [0, 0.05) is 68.3 Å². The van der Waals surface area contributed by atoms with Crippen LogP contribution < -0.4 is 49.3 Å². The minimum absolute atomic E-state index is 0. The van der Waals surface area contributed by atoms with Gasteiger partial charge in [-0.15, -0.1) is 47.4 Å². The Hall–Kier alpha value is -5.61. The Balaban J connectivity index is 0.00000453. The molecule has 1 unspecified atom stereocenters. The molecule has 521 valence electrons. The van der Waals surface area contributed by atoms with E-state index in [4.69, 9.17) is 81.3 Å². The van der Waals surface area contributed by atoms with Crippen LogP contribution in [0.2, 0.25) is 0 Å². The number of hydrogen-bond donors (Lipinski definition) is 10. The van der Waals surface area contributed by atoms with Crippen molar-refractivity contribution in [2.75, 3.05) is 13.2 Å². The first-order valence-corrected chi connectivity index (χ1v) is 33.1. The Labute approximate surface area is 554 Å². The summed E-state index contributed by atoms with van der Waals surface area (Å²) in [5.41, 5.74) is 35.2. The molecule has 8 rings (SSSR count). The maximum atomic E-state index is 14.4. The molecule has 28 nitrogen and oxygen atoms in total. The van der Waals surface area contributed by atoms with Crippen LogP contribution in [0.3, 0.4) is 0 Å². The molecule has 6 aliphatic rings. The SMILES string of the molecule is C/C1=C2/[N-][C@H]([C@H](CC(N)=O)[C@@]2(C)CCC(=O)NC[C@@H](C)OP(=O)(O)O[C@H]2[C@@H](O)[C@@H]([n+]3c[n-]c4cc(C)c(C)cc43)O[C@@H]2CO)[C@]2(C)[N-][C@@H]([C@@H](C)[C@H]3[N-][C@@H](C[C@H]4[N-][C@@H]1[C@@H](CCC(N)=O)C4(C)C)[C@@H](CCC(N)=O)[C@]3(C)CC(N)=O)[C@@H](CCC(N)=O)[C@]2(C)CC(N)=O.[C-]#N.[Co]. The number of ether oxygens (including phenoxy) is 1. The summed E-state index contributed by atoms with van der Waals surface area (Å²) in [5, 5.41) is 53.7. The summed E-state index contributed by atoms with van der Waals surface area (Å²) in [6.07, 6.45) is -5.03. The Morgan fingerprint density at radius 3 is 1.97 bits per heavy atom. The second-order valence-corrected chi connectivity index (χ2v) is 29.7. The van der Waals surface area contributed by atoms with E-state index in [0.717, 1.165) is 11.1 Å². The molecule has 6 aliphatic heterocycles. The Morgan fingerprint density at radius 1 is 0.817 bits per heavy atom. The van der Waals surface area contributed by atoms with Gasteiger partial charge >= 0.3 is 7.82 Å². The fraction of sp³-hybridized carbons (Fsp3) is 0.730. The summed E-state index contributed by atoms with van der Waals surface area (Å²) in [6, 6.07) is -0.206. The topological polar surface area (TPSA) is 491 Å². The number of amides is 7. The van der Waals surface area contributed by atoms with Gasteiger partial charge in [0.1, 0.15) is 18.3 Å². The first-order chi connectivity index (χ1) is 42.8. The van der Waals surface area contributed by atoms with Crippen molar-refractivity contribution in [3.63, 3.8) is 0 Å². The summed E-state index contributed by atoms with van der Waals surface area (Å²) in [6.45, 7) is 24.7. The number of nitrogens with one attached hydrogen (secondary N) is 1. The van der Waals surface area contributed by atoms with Crippen molar-refractivity contribution in [1.82, 2.24) is 10.3 Å². The number of imidazole rings is 1. The molecule has 2 aromatic rings. The number of primary amides is 6. The van der Waals surface area contributed by atoms with Crippen LogP contribution in [-0.4, -0.2) is 136 Å². The summed E-state index contributed by atoms with van der Waals surface area (Å²) in [7, 11) is -5.06. The maximum Gasteiger partial charge on any atom is 0.472 e. The Morgan fingerprint density at radius 2 is 1.40 bits per heavy atom. The number of nitrogens with zero attached hydrogens (tertiary/aromatic N) is 7. The van der Waals surface area contributed by atoms with E-state index >= 15 is 0 Å². The van der Waals surface area contributed by atoms with Crippen molar-refractivity contribution in [1.29, 1.82) is 5.26 Å². The van der Waals surface area contributed by atoms with Gasteiger partial charge in [-0.1, -0.05) is 72.6 Å². The number of fused-ring (bicyclic) bond motifs is 10. The number of aliphatic hydroxyl groups excluding tert-OH is 2. The number of aromatic nitrogens is 2. The number of benzene rings is 1. The number of hydrogen-bond acceptors (Lipinski definition) is 14. The van der Waals surface area contributed by atoms with Crippen molar-refractivity contribution in [2.45, 2.75) is 226 Å². The molecule has 93 heavy (non-hydrogen) atoms. The minimum Gasteiger partial charge on any atom is -0.685 e. The van der Waals surface area contributed by atoms with Crippen molar-refractivity contribution in [2.24, 2.45) is 85.7 Å². The zero-order valence-corrected chi connectivity index (χ0v) is 57.0. The summed E-state index contributed by atoms with van der Waals surface area (Å²) < 4.78 is 32.3. The fourth-order valence-corrected chi connectivity index (χ4v) is 18.3. The van der Waals surface area contributed by atoms with Gasteiger partial charge in [-0.05, 0) is 110 Å². The molecule has 1 aromatic heterocycles. The average molecular weight is 1360 g/mol. The minimum atomic E-state index is -5.06. The average Bonchev–Trinajstić information content (AvgIpc) is 1.53. The van der Waals surface area contributed by atoms with Crippen molar-refractivity contribution in [3.8, 4) is 0 Å². The normalized spacial score (nSPS) is 36.8. The van der Waals surface area contributed by atoms with E-state index in [0.29, 0.717) is 35.1 Å². The fourth-order valence-electron chi connectivity index (χ4n) is 17.2. The molecular formula is C63H96CoN14O14P-5. The number of phosphoric ester groups is 1. The van der Waals surface area contributed by atoms with E-state index in [-0.39, 0.29) is 93.4 Å². The van der Waals surface area contributed by atoms with Gasteiger partial charge in [-0.25, -0.2) is 9.55 Å². The number of allylic oxidation sites excluding steroid dienone is 1. The number of rotatable bonds is 26. The Kier molecular flexibility index (Phi) is 24.1. The third kappa shape index (κ3) is 15.2. The molecule has 0 saturated carbocycles. The van der Waals surface area contributed by atoms with E-state index in [2.05, 4.69) is 24.1 Å². The molecule has 21 atom stereocenters. The van der Waals surface area contributed by atoms with E-state index in [1.165, 1.54) is 13.3 Å². The second kappa shape index (κ2) is 29.4. The van der Waals surface area contributed by atoms with Crippen LogP contribution in [0.15, 0.2) is 29.7 Å². The van der Waals surface area contributed by atoms with E-state index in [1.807, 2.05) is 67.5 Å². The molecule has 5 fully saturated rings. The van der Waals surface area contributed by atoms with E-state index in [9.17, 15) is 53.2 Å². The third-order valence-electron chi connectivity index (χ3n) is 22.2. The Bertz CT molecular complexity index is 3240. The molecule has 1 aromatic carbocycles. The van der Waals surface area contributed by atoms with Gasteiger partial charge in [-0.3, -0.25) is 42.6 Å². The van der Waals surface area contributed by atoms with Gasteiger partial charge in [0.05, 0.1) is 30.1 Å². The molecule has 5 saturated heterocycles. The molecule has 0 aliphatic carbocycles. The smallest absolute Gasteiger partial charge is 0.472 e. The quantitative estimate of drug-likeness (QED) is 0.0365. The molecular weight excluding hydrogens is 1270 g/mol. The van der Waals surface area contributed by atoms with Crippen LogP contribution in [0.4, 0.5) is 0 Å². The van der Waals surface area contributed by atoms with Gasteiger partial charge in [0.15, 0.2) is 6.23 Å². The number of phosphoric acid groups is 1. The monoisotopic (exact) mass is 1360 g/mol. The summed E-state index contributed by atoms with van der Waals surface area (Å²) in [4.78, 5) is 109. The molecule has 1 radical (unpaired) electrons. The van der Waals surface area contributed by atoms with Crippen molar-refractivity contribution < 1.29 is 88.4 Å². The first-order valence-electron chi connectivity index (χ1n) is 31.6. The summed E-state index contributed by atoms with van der Waals surface area (Å²) in [5.74, 6) is -6.89. The van der Waals surface area contributed by atoms with Crippen molar-refractivity contribution in [3.05, 3.63) is 68.7 Å². The number of carbonyl (C=O) groups is 7. The van der Waals surface area contributed by atoms with Crippen LogP contribution in [0.5, 0.6) is 0 Å². The first kappa shape index (κ1) is 76.4. The molecule has 30 heteroatoms. The standard InChI is InChI=1S/C62H96N13O14P.CN.Co/c1-29-20-39-40(21-30(29)2)75(28-70-39)57-52(84)53(41(27-76)87-57)89-90(85,86)88-31(3)26-69-49(83)18-19-59(8)37(22-46(66)80)56-62(11)61(10,25-48(68)82)36(14-17-45(65)79)51(74-62)33(5)55-60(9,24-47(67)81)34(12-15-43(63)77)38(71-55)23-42-58(6,7)35(13-16-44(64)78)50(72-42)32(4)54(59)73-56;1-2;/h20-21,28,31,33-38,41-42,50-53,55-57,76,84H,12-19,22-27H2,1-11H3,(H14,63,64,65,66,67,68,69,77,78,79,80,81,82,83,85,86);;/q-4;-1;/b54-32-;;/t31-,33-,34-,35-,36-,37+,38+,41-,42-,50+,51+,52-,53-,55-,56-,57+,59-,60+,61+,62+;;/m1../s1. The second-order valence-electron chi connectivity index (χ2n) is 28.4. The molecule has 8 bridgehead atoms. The van der Waals surface area contributed by atoms with E-state index < -0.39 is 174 Å². The van der Waals surface area contributed by atoms with Crippen LogP contribution >= 0.6 is 7.82 Å². The predicted octanol–water partition coefficient (Wildman–Crippen LogP) is 3.60. The van der Waals surface area contributed by atoms with E-state index in [1.54, 1.807) is 4.57 Å². The number of aryl methyl sites for hydroxylation is 2. The molecule has 7 heterocycles. The largest absolute Gasteiger partial charge is 0.685 e. The maximum absolute atomic E-state index is 14.4. The van der Waals surface area contributed by atoms with Crippen molar-refractivity contribution >= 4 is 60.2 Å². The third-order valence-corrected chi connectivity index (χ3v) is 23.3. The number of nitrogens with two attached hydrogens (primary N) is 6. The van der Waals surface area contributed by atoms with Gasteiger partial charge in [0.2, 0.25) is 41.4 Å². The van der Waals surface area contributed by atoms with Gasteiger partial charge < -0.3 is 97.2 Å². The van der Waals surface area contributed by atoms with Crippen LogP contribution in [0.25, 0.3) is 32.3 Å². The molecule has 16 N–H and O–H groups in total. The van der Waals surface area contributed by atoms with Crippen LogP contribution in [-0.2, 0) is 68.7 Å². The van der Waals surface area contributed by atoms with Crippen LogP contribution in [0.1, 0.15) is 157 Å². The zero-order valence-electron chi connectivity index (χ0n) is 55.1. The predicted molar refractivity (Wildman–Crippen MR) is 336 cm³/mol. The van der Waals surface area contributed by atoms with Gasteiger partial charge in [-0.2, -0.15) is 5.70 Å². The zero-order chi connectivity index (χ0) is 68.7. The number of carbonyl (C=O) groups excluding carboxylic acids is 7. The molecule has 0 spiro atoms. The molecule has 7 amide bonds.